The Hall–Kier alpha value is -2.30. The highest BCUT2D eigenvalue weighted by Crippen LogP contribution is 2.38. The van der Waals surface area contributed by atoms with E-state index in [2.05, 4.69) is 29.2 Å². The lowest BCUT2D eigenvalue weighted by Gasteiger charge is -2.08. The molecule has 1 aromatic carbocycles. The molecule has 0 amide bonds. The van der Waals surface area contributed by atoms with E-state index in [1.807, 2.05) is 18.2 Å². The maximum Gasteiger partial charge on any atom is 0.231 e. The second kappa shape index (κ2) is 4.18. The number of nitrogens with zero attached hydrogens (tertiary/aromatic N) is 2. The Labute approximate surface area is 104 Å². The highest BCUT2D eigenvalue weighted by molar-refractivity contribution is 5.94. The van der Waals surface area contributed by atoms with Crippen molar-refractivity contribution >= 4 is 23.3 Å². The fourth-order valence-corrected chi connectivity index (χ4v) is 2.03. The average Bonchev–Trinajstić information content (AvgIpc) is 2.83. The van der Waals surface area contributed by atoms with Crippen LogP contribution in [0.2, 0.25) is 0 Å². The molecule has 1 aliphatic heterocycles. The molecule has 92 valence electrons. The van der Waals surface area contributed by atoms with Crippen LogP contribution in [0.4, 0.5) is 5.69 Å². The SMILES string of the molecule is C=NNc1cc(CC)nc2cc3c(cc12)OCO3. The summed E-state index contributed by atoms with van der Waals surface area (Å²) in [6.45, 7) is 5.77. The summed E-state index contributed by atoms with van der Waals surface area (Å²) >= 11 is 0. The average molecular weight is 243 g/mol. The van der Waals surface area contributed by atoms with Crippen LogP contribution in [0.25, 0.3) is 10.9 Å². The van der Waals surface area contributed by atoms with Crippen LogP contribution in [0.1, 0.15) is 12.6 Å². The standard InChI is InChI=1S/C13H13N3O2/c1-3-8-4-11(16-14-2)9-5-12-13(18-7-17-12)6-10(9)15-8/h4-6H,2-3,7H2,1H3,(H,15,16). The van der Waals surface area contributed by atoms with Gasteiger partial charge in [-0.15, -0.1) is 0 Å². The second-order valence-electron chi connectivity index (χ2n) is 4.01. The van der Waals surface area contributed by atoms with Crippen LogP contribution < -0.4 is 14.9 Å². The van der Waals surface area contributed by atoms with Crippen LogP contribution in [-0.2, 0) is 6.42 Å². The van der Waals surface area contributed by atoms with Crippen molar-refractivity contribution in [1.82, 2.24) is 4.98 Å². The summed E-state index contributed by atoms with van der Waals surface area (Å²) in [4.78, 5) is 4.58. The molecule has 2 heterocycles. The highest BCUT2D eigenvalue weighted by atomic mass is 16.7. The van der Waals surface area contributed by atoms with Gasteiger partial charge in [0.1, 0.15) is 0 Å². The number of rotatable bonds is 3. The summed E-state index contributed by atoms with van der Waals surface area (Å²) in [5, 5.41) is 4.67. The first kappa shape index (κ1) is 10.8. The Bertz CT molecular complexity index is 625. The molecule has 0 radical (unpaired) electrons. The molecule has 0 saturated carbocycles. The lowest BCUT2D eigenvalue weighted by atomic mass is 10.1. The molecular weight excluding hydrogens is 230 g/mol. The Morgan fingerprint density at radius 1 is 1.33 bits per heavy atom. The summed E-state index contributed by atoms with van der Waals surface area (Å²) in [6, 6.07) is 5.78. The third-order valence-electron chi connectivity index (χ3n) is 2.92. The first-order valence-electron chi connectivity index (χ1n) is 5.77. The Kier molecular flexibility index (Phi) is 2.51. The molecule has 0 atom stereocenters. The minimum Gasteiger partial charge on any atom is -0.454 e. The zero-order valence-electron chi connectivity index (χ0n) is 10.1. The van der Waals surface area contributed by atoms with Crippen LogP contribution >= 0.6 is 0 Å². The van der Waals surface area contributed by atoms with Gasteiger partial charge in [0.05, 0.1) is 11.2 Å². The lowest BCUT2D eigenvalue weighted by Crippen LogP contribution is -1.95. The topological polar surface area (TPSA) is 55.7 Å². The number of aryl methyl sites for hydroxylation is 1. The number of pyridine rings is 1. The van der Waals surface area contributed by atoms with E-state index in [0.717, 1.165) is 40.2 Å². The number of ether oxygens (including phenoxy) is 2. The molecule has 18 heavy (non-hydrogen) atoms. The number of hydrogen-bond donors (Lipinski definition) is 1. The molecule has 2 aromatic rings. The maximum absolute atomic E-state index is 5.37. The minimum atomic E-state index is 0.259. The van der Waals surface area contributed by atoms with Crippen LogP contribution in [0, 0.1) is 0 Å². The van der Waals surface area contributed by atoms with E-state index in [1.165, 1.54) is 0 Å². The molecule has 1 aliphatic rings. The van der Waals surface area contributed by atoms with Crippen molar-refractivity contribution in [3.8, 4) is 11.5 Å². The van der Waals surface area contributed by atoms with E-state index in [-0.39, 0.29) is 6.79 Å². The smallest absolute Gasteiger partial charge is 0.231 e. The summed E-state index contributed by atoms with van der Waals surface area (Å²) in [7, 11) is 0. The van der Waals surface area contributed by atoms with Crippen molar-refractivity contribution in [3.63, 3.8) is 0 Å². The van der Waals surface area contributed by atoms with Crippen LogP contribution in [0.5, 0.6) is 11.5 Å². The minimum absolute atomic E-state index is 0.259. The molecule has 0 bridgehead atoms. The molecule has 0 aliphatic carbocycles. The quantitative estimate of drug-likeness (QED) is 0.665. The number of benzene rings is 1. The monoisotopic (exact) mass is 243 g/mol. The van der Waals surface area contributed by atoms with Gasteiger partial charge in [0.2, 0.25) is 6.79 Å². The van der Waals surface area contributed by atoms with Crippen LogP contribution in [0.3, 0.4) is 0 Å². The molecule has 5 heteroatoms. The van der Waals surface area contributed by atoms with E-state index in [4.69, 9.17) is 9.47 Å². The van der Waals surface area contributed by atoms with E-state index in [9.17, 15) is 0 Å². The van der Waals surface area contributed by atoms with E-state index in [1.54, 1.807) is 0 Å². The van der Waals surface area contributed by atoms with Gasteiger partial charge in [0.25, 0.3) is 0 Å². The van der Waals surface area contributed by atoms with Gasteiger partial charge >= 0.3 is 0 Å². The molecule has 0 fully saturated rings. The molecule has 3 rings (SSSR count). The fraction of sp³-hybridized carbons (Fsp3) is 0.231. The normalized spacial score (nSPS) is 12.7. The third kappa shape index (κ3) is 1.64. The van der Waals surface area contributed by atoms with Crippen molar-refractivity contribution in [2.45, 2.75) is 13.3 Å². The van der Waals surface area contributed by atoms with Crippen molar-refractivity contribution in [2.24, 2.45) is 5.10 Å². The maximum atomic E-state index is 5.37. The summed E-state index contributed by atoms with van der Waals surface area (Å²) < 4.78 is 10.7. The highest BCUT2D eigenvalue weighted by Gasteiger charge is 2.16. The van der Waals surface area contributed by atoms with Crippen LogP contribution in [-0.4, -0.2) is 18.5 Å². The Morgan fingerprint density at radius 3 is 2.83 bits per heavy atom. The summed E-state index contributed by atoms with van der Waals surface area (Å²) in [6.07, 6.45) is 0.857. The summed E-state index contributed by atoms with van der Waals surface area (Å²) in [5.41, 5.74) is 5.63. The van der Waals surface area contributed by atoms with Gasteiger partial charge in [-0.05, 0) is 18.6 Å². The van der Waals surface area contributed by atoms with Crippen molar-refractivity contribution in [3.05, 3.63) is 23.9 Å². The van der Waals surface area contributed by atoms with Gasteiger partial charge in [0, 0.05) is 23.9 Å². The predicted octanol–water partition coefficient (Wildman–Crippen LogP) is 2.55. The van der Waals surface area contributed by atoms with Gasteiger partial charge < -0.3 is 9.47 Å². The van der Waals surface area contributed by atoms with Crippen molar-refractivity contribution in [1.29, 1.82) is 0 Å². The number of hydrogen-bond acceptors (Lipinski definition) is 5. The largest absolute Gasteiger partial charge is 0.454 e. The van der Waals surface area contributed by atoms with Crippen molar-refractivity contribution in [2.75, 3.05) is 12.2 Å². The lowest BCUT2D eigenvalue weighted by molar-refractivity contribution is 0.174. The van der Waals surface area contributed by atoms with Gasteiger partial charge in [-0.25, -0.2) is 0 Å². The predicted molar refractivity (Wildman–Crippen MR) is 70.4 cm³/mol. The number of fused-ring (bicyclic) bond motifs is 2. The van der Waals surface area contributed by atoms with E-state index >= 15 is 0 Å². The van der Waals surface area contributed by atoms with Gasteiger partial charge in [0.15, 0.2) is 11.5 Å². The van der Waals surface area contributed by atoms with Crippen LogP contribution in [0.15, 0.2) is 23.3 Å². The van der Waals surface area contributed by atoms with Gasteiger partial charge in [-0.2, -0.15) is 5.10 Å². The fourth-order valence-electron chi connectivity index (χ4n) is 2.03. The first-order chi connectivity index (χ1) is 8.81. The third-order valence-corrected chi connectivity index (χ3v) is 2.92. The zero-order valence-corrected chi connectivity index (χ0v) is 10.1. The Balaban J connectivity index is 2.26. The van der Waals surface area contributed by atoms with E-state index < -0.39 is 0 Å². The number of anilines is 1. The number of hydrazone groups is 1. The molecular formula is C13H13N3O2. The molecule has 0 saturated heterocycles. The van der Waals surface area contributed by atoms with Crippen molar-refractivity contribution < 1.29 is 9.47 Å². The zero-order chi connectivity index (χ0) is 12.5. The number of aromatic nitrogens is 1. The molecule has 1 aromatic heterocycles. The Morgan fingerprint density at radius 2 is 2.11 bits per heavy atom. The van der Waals surface area contributed by atoms with E-state index in [0.29, 0.717) is 0 Å². The molecule has 0 unspecified atom stereocenters. The number of nitrogens with one attached hydrogen (secondary N) is 1. The molecule has 5 nitrogen and oxygen atoms in total. The molecule has 0 spiro atoms. The molecule has 1 N–H and O–H groups in total. The van der Waals surface area contributed by atoms with Gasteiger partial charge in [-0.3, -0.25) is 10.4 Å². The first-order valence-corrected chi connectivity index (χ1v) is 5.77. The van der Waals surface area contributed by atoms with Gasteiger partial charge in [-0.1, -0.05) is 6.92 Å². The second-order valence-corrected chi connectivity index (χ2v) is 4.01. The summed E-state index contributed by atoms with van der Waals surface area (Å²) in [5.74, 6) is 1.47.